The second-order valence-electron chi connectivity index (χ2n) is 1.77. The Morgan fingerprint density at radius 1 is 1.82 bits per heavy atom. The Balaban J connectivity index is 0.000001000. The molecule has 1 heterocycles. The van der Waals surface area contributed by atoms with Crippen molar-refractivity contribution in [2.45, 2.75) is 11.7 Å². The summed E-state index contributed by atoms with van der Waals surface area (Å²) in [6, 6.07) is 0. The molecule has 0 saturated carbocycles. The summed E-state index contributed by atoms with van der Waals surface area (Å²) in [5.74, 6) is -0.0781. The van der Waals surface area contributed by atoms with E-state index in [9.17, 15) is 4.79 Å². The molecule has 0 spiro atoms. The number of carbonyl (C=O) groups excluding carboxylic acids is 1. The smallest absolute Gasteiger partial charge is 0.412 e. The molecule has 0 amide bonds. The summed E-state index contributed by atoms with van der Waals surface area (Å²) in [4.78, 5) is 12.3. The molecule has 61 valence electrons. The van der Waals surface area contributed by atoms with Gasteiger partial charge in [-0.05, 0) is 0 Å². The predicted molar refractivity (Wildman–Crippen MR) is 41.9 cm³/mol. The van der Waals surface area contributed by atoms with Gasteiger partial charge in [0.25, 0.3) is 0 Å². The summed E-state index contributed by atoms with van der Waals surface area (Å²) in [6.45, 7) is 3.56. The van der Waals surface area contributed by atoms with Gasteiger partial charge in [-0.1, -0.05) is 0 Å². The van der Waals surface area contributed by atoms with Gasteiger partial charge in [0.2, 0.25) is 0 Å². The Hall–Kier alpha value is 0.216. The fourth-order valence-electron chi connectivity index (χ4n) is 0.612. The van der Waals surface area contributed by atoms with Gasteiger partial charge in [0.05, 0.1) is 0 Å². The largest absolute Gasteiger partial charge is 0.412 e. The van der Waals surface area contributed by atoms with E-state index in [2.05, 4.69) is 6.58 Å². The Labute approximate surface area is 76.9 Å². The van der Waals surface area contributed by atoms with E-state index in [-0.39, 0.29) is 11.4 Å². The van der Waals surface area contributed by atoms with Crippen molar-refractivity contribution in [3.8, 4) is 0 Å². The first-order valence-corrected chi connectivity index (χ1v) is 8.19. The Morgan fingerprint density at radius 2 is 2.55 bits per heavy atom. The minimum atomic E-state index is -1.77. The maximum Gasteiger partial charge on any atom is -0.412 e. The quantitative estimate of drug-likeness (QED) is 0.646. The van der Waals surface area contributed by atoms with E-state index >= 15 is 0 Å². The van der Waals surface area contributed by atoms with Crippen LogP contribution in [0.3, 0.4) is 0 Å². The Bertz CT molecular complexity index is 149. The van der Waals surface area contributed by atoms with Gasteiger partial charge in [0, 0.05) is 0 Å². The van der Waals surface area contributed by atoms with Gasteiger partial charge in [-0.25, -0.2) is 0 Å². The molecular weight excluding hydrogens is 269 g/mol. The molecule has 0 aromatic rings. The summed E-state index contributed by atoms with van der Waals surface area (Å²) in [7, 11) is 0. The van der Waals surface area contributed by atoms with Gasteiger partial charge in [0.15, 0.2) is 0 Å². The molecule has 4 nitrogen and oxygen atoms in total. The molecule has 0 aromatic heterocycles. The second kappa shape index (κ2) is 5.81. The van der Waals surface area contributed by atoms with Crippen LogP contribution < -0.4 is 0 Å². The van der Waals surface area contributed by atoms with Crippen molar-refractivity contribution in [3.05, 3.63) is 11.5 Å². The van der Waals surface area contributed by atoms with Gasteiger partial charge in [-0.2, -0.15) is 0 Å². The van der Waals surface area contributed by atoms with Crippen LogP contribution in [0, 0.1) is 0 Å². The molecule has 11 heavy (non-hydrogen) atoms. The number of carbonyl (C=O) groups is 1. The normalized spacial score (nSPS) is 17.3. The summed E-state index contributed by atoms with van der Waals surface area (Å²) >= 11 is -2.23. The van der Waals surface area contributed by atoms with Gasteiger partial charge in [-0.15, -0.1) is 0 Å². The summed E-state index contributed by atoms with van der Waals surface area (Å²) in [5, 5.41) is 0.871. The fourth-order valence-corrected chi connectivity index (χ4v) is 7.09. The van der Waals surface area contributed by atoms with Crippen LogP contribution in [0.4, 0.5) is 0 Å². The van der Waals surface area contributed by atoms with E-state index in [1.54, 1.807) is 4.91 Å². The van der Waals surface area contributed by atoms with Crippen molar-refractivity contribution >= 4 is 36.8 Å². The van der Waals surface area contributed by atoms with Crippen molar-refractivity contribution in [1.29, 1.82) is 0 Å². The fraction of sp³-hybridized carbons (Fsp3) is 0.400. The van der Waals surface area contributed by atoms with E-state index in [1.807, 2.05) is 0 Å². The van der Waals surface area contributed by atoms with Crippen LogP contribution in [-0.2, 0) is 11.3 Å². The van der Waals surface area contributed by atoms with Crippen LogP contribution in [0.25, 0.3) is 0 Å². The number of hydrogen-bond donors (Lipinski definition) is 0. The van der Waals surface area contributed by atoms with Gasteiger partial charge in [-0.3, -0.25) is 0 Å². The first-order chi connectivity index (χ1) is 4.83. The van der Waals surface area contributed by atoms with Gasteiger partial charge < -0.3 is 5.48 Å². The van der Waals surface area contributed by atoms with E-state index < -0.39 is 30.8 Å². The summed E-state index contributed by atoms with van der Waals surface area (Å²) in [6.07, 6.45) is 0.568. The van der Waals surface area contributed by atoms with Crippen molar-refractivity contribution < 1.29 is 16.8 Å². The molecule has 0 aliphatic carbocycles. The van der Waals surface area contributed by atoms with Crippen molar-refractivity contribution in [1.82, 2.24) is 0 Å². The van der Waals surface area contributed by atoms with E-state index in [0.29, 0.717) is 6.42 Å². The molecule has 2 N–H and O–H groups in total. The SMILES string of the molecule is C=[CH][Ge][O][Ge]1[CH2]CC(=O)[O]1.O. The first kappa shape index (κ1) is 11.2. The van der Waals surface area contributed by atoms with E-state index in [0.717, 1.165) is 5.25 Å². The molecule has 1 aliphatic rings. The van der Waals surface area contributed by atoms with Gasteiger partial charge >= 0.3 is 71.3 Å². The van der Waals surface area contributed by atoms with Crippen molar-refractivity contribution in [2.24, 2.45) is 0 Å². The molecule has 0 bridgehead atoms. The molecule has 6 heteroatoms. The van der Waals surface area contributed by atoms with Crippen molar-refractivity contribution in [3.63, 3.8) is 0 Å². The number of hydrogen-bond acceptors (Lipinski definition) is 3. The Morgan fingerprint density at radius 3 is 3.00 bits per heavy atom. The molecule has 1 fully saturated rings. The minimum Gasteiger partial charge on any atom is -0.412 e. The van der Waals surface area contributed by atoms with E-state index in [1.165, 1.54) is 0 Å². The molecule has 0 atom stereocenters. The topological polar surface area (TPSA) is 67.0 Å². The zero-order valence-electron chi connectivity index (χ0n) is 5.92. The zero-order chi connectivity index (χ0) is 7.40. The van der Waals surface area contributed by atoms with Crippen LogP contribution in [0.15, 0.2) is 11.5 Å². The average Bonchev–Trinajstić information content (AvgIpc) is 2.31. The summed E-state index contributed by atoms with van der Waals surface area (Å²) in [5.41, 5.74) is 0. The monoisotopic (exact) mass is 281 g/mol. The van der Waals surface area contributed by atoms with Crippen LogP contribution in [-0.4, -0.2) is 42.2 Å². The first-order valence-electron chi connectivity index (χ1n) is 2.92. The molecule has 3 radical (unpaired) electrons. The van der Waals surface area contributed by atoms with Crippen molar-refractivity contribution in [2.75, 3.05) is 0 Å². The third kappa shape index (κ3) is 3.95. The molecule has 0 aromatic carbocycles. The zero-order valence-corrected chi connectivity index (χ0v) is 10.1. The molecule has 1 saturated heterocycles. The average molecular weight is 278 g/mol. The van der Waals surface area contributed by atoms with Crippen LogP contribution in [0.1, 0.15) is 6.42 Å². The van der Waals surface area contributed by atoms with Gasteiger partial charge in [0.1, 0.15) is 0 Å². The van der Waals surface area contributed by atoms with Crippen LogP contribution >= 0.6 is 0 Å². The van der Waals surface area contributed by atoms with Crippen LogP contribution in [0.5, 0.6) is 0 Å². The van der Waals surface area contributed by atoms with E-state index in [4.69, 9.17) is 6.55 Å². The third-order valence-electron chi connectivity index (χ3n) is 1.02. The molecule has 1 rings (SSSR count). The Kier molecular flexibility index (Phi) is 5.93. The minimum absolute atomic E-state index is 0. The maximum atomic E-state index is 10.5. The summed E-state index contributed by atoms with van der Waals surface area (Å²) < 4.78 is 10.3. The third-order valence-corrected chi connectivity index (χ3v) is 8.19. The maximum absolute atomic E-state index is 10.5. The number of rotatable bonds is 3. The molecular formula is C5H9Ge2O4. The standard InChI is InChI=1S/C5H7Ge2O3.H2O/c1-2-6-10-7-4-3-5(8)9-7;/h2H,1,3-4H2;1H2. The predicted octanol–water partition coefficient (Wildman–Crippen LogP) is -0.624. The van der Waals surface area contributed by atoms with Crippen LogP contribution in [0.2, 0.25) is 5.25 Å². The molecule has 1 aliphatic heterocycles. The second-order valence-corrected chi connectivity index (χ2v) is 8.81. The molecule has 0 unspecified atom stereocenters.